The van der Waals surface area contributed by atoms with E-state index in [1.54, 1.807) is 0 Å². The molecular formula is C19H26N2O2. The molecule has 0 spiro atoms. The Morgan fingerprint density at radius 3 is 2.78 bits per heavy atom. The number of para-hydroxylation sites is 1. The summed E-state index contributed by atoms with van der Waals surface area (Å²) in [6.45, 7) is 7.57. The molecule has 23 heavy (non-hydrogen) atoms. The molecule has 0 aromatic heterocycles. The second-order valence-corrected chi connectivity index (χ2v) is 7.87. The molecule has 3 fully saturated rings. The molecule has 4 aliphatic rings. The van der Waals surface area contributed by atoms with Gasteiger partial charge in [-0.15, -0.1) is 0 Å². The van der Waals surface area contributed by atoms with E-state index in [2.05, 4.69) is 30.1 Å². The van der Waals surface area contributed by atoms with Crippen molar-refractivity contribution in [3.05, 3.63) is 29.3 Å². The number of hydrogen-bond donors (Lipinski definition) is 1. The zero-order valence-corrected chi connectivity index (χ0v) is 14.1. The summed E-state index contributed by atoms with van der Waals surface area (Å²) in [6.07, 6.45) is 4.39. The van der Waals surface area contributed by atoms with E-state index < -0.39 is 0 Å². The van der Waals surface area contributed by atoms with Gasteiger partial charge in [0.1, 0.15) is 11.4 Å². The number of piperidine rings is 3. The standard InChI is InChI=1S/C19H26N2O2/c1-19(2)9-6-14-4-3-5-15(17(14)23-19)18(22)20-16-12-21-10-7-13(16)8-11-21/h3-5,13,16H,6-12H2,1-2H3,(H,20,22). The van der Waals surface area contributed by atoms with Gasteiger partial charge >= 0.3 is 0 Å². The topological polar surface area (TPSA) is 41.6 Å². The van der Waals surface area contributed by atoms with Crippen LogP contribution in [0.4, 0.5) is 0 Å². The first-order valence-electron chi connectivity index (χ1n) is 8.86. The quantitative estimate of drug-likeness (QED) is 0.912. The number of amides is 1. The highest BCUT2D eigenvalue weighted by molar-refractivity contribution is 5.97. The van der Waals surface area contributed by atoms with Gasteiger partial charge in [0, 0.05) is 12.6 Å². The van der Waals surface area contributed by atoms with Crippen molar-refractivity contribution in [2.75, 3.05) is 19.6 Å². The first-order chi connectivity index (χ1) is 11.0. The number of aryl methyl sites for hydroxylation is 1. The SMILES string of the molecule is CC1(C)CCc2cccc(C(=O)NC3CN4CCC3CC4)c2O1. The van der Waals surface area contributed by atoms with Crippen LogP contribution in [0.2, 0.25) is 0 Å². The highest BCUT2D eigenvalue weighted by Crippen LogP contribution is 2.36. The van der Waals surface area contributed by atoms with Gasteiger partial charge in [-0.25, -0.2) is 0 Å². The molecule has 5 rings (SSSR count). The van der Waals surface area contributed by atoms with Crippen LogP contribution >= 0.6 is 0 Å². The van der Waals surface area contributed by atoms with Gasteiger partial charge in [-0.2, -0.15) is 0 Å². The lowest BCUT2D eigenvalue weighted by atomic mass is 9.84. The van der Waals surface area contributed by atoms with Crippen LogP contribution in [-0.4, -0.2) is 42.1 Å². The van der Waals surface area contributed by atoms with Gasteiger partial charge in [0.05, 0.1) is 5.56 Å². The minimum atomic E-state index is -0.195. The van der Waals surface area contributed by atoms with Crippen molar-refractivity contribution in [3.63, 3.8) is 0 Å². The van der Waals surface area contributed by atoms with E-state index in [-0.39, 0.29) is 17.6 Å². The lowest BCUT2D eigenvalue weighted by Gasteiger charge is -2.45. The number of ether oxygens (including phenoxy) is 1. The second kappa shape index (κ2) is 5.52. The lowest BCUT2D eigenvalue weighted by molar-refractivity contribution is 0.0601. The van der Waals surface area contributed by atoms with Crippen molar-refractivity contribution < 1.29 is 9.53 Å². The maximum absolute atomic E-state index is 12.9. The Bertz CT molecular complexity index is 618. The largest absolute Gasteiger partial charge is 0.487 e. The number of fused-ring (bicyclic) bond motifs is 4. The zero-order chi connectivity index (χ0) is 16.0. The van der Waals surface area contributed by atoms with Gasteiger partial charge in [0.25, 0.3) is 5.91 Å². The maximum atomic E-state index is 12.9. The second-order valence-electron chi connectivity index (χ2n) is 7.87. The molecule has 0 aliphatic carbocycles. The number of nitrogens with one attached hydrogen (secondary N) is 1. The van der Waals surface area contributed by atoms with Gasteiger partial charge in [0.15, 0.2) is 0 Å². The van der Waals surface area contributed by atoms with E-state index in [4.69, 9.17) is 4.74 Å². The molecular weight excluding hydrogens is 288 g/mol. The summed E-state index contributed by atoms with van der Waals surface area (Å²) < 4.78 is 6.15. The fourth-order valence-corrected chi connectivity index (χ4v) is 4.22. The predicted molar refractivity (Wildman–Crippen MR) is 89.9 cm³/mol. The molecule has 1 aromatic rings. The average Bonchev–Trinajstić information content (AvgIpc) is 2.54. The van der Waals surface area contributed by atoms with E-state index in [9.17, 15) is 4.79 Å². The van der Waals surface area contributed by atoms with E-state index in [1.807, 2.05) is 12.1 Å². The fourth-order valence-electron chi connectivity index (χ4n) is 4.22. The van der Waals surface area contributed by atoms with Crippen LogP contribution in [0.25, 0.3) is 0 Å². The van der Waals surface area contributed by atoms with Crippen LogP contribution in [-0.2, 0) is 6.42 Å². The highest BCUT2D eigenvalue weighted by Gasteiger charge is 2.36. The van der Waals surface area contributed by atoms with Crippen molar-refractivity contribution in [2.45, 2.75) is 51.2 Å². The van der Waals surface area contributed by atoms with Crippen molar-refractivity contribution in [1.82, 2.24) is 10.2 Å². The molecule has 0 saturated carbocycles. The third-order valence-electron chi connectivity index (χ3n) is 5.69. The fraction of sp³-hybridized carbons (Fsp3) is 0.632. The summed E-state index contributed by atoms with van der Waals surface area (Å²) in [5, 5.41) is 3.28. The molecule has 4 nitrogen and oxygen atoms in total. The first-order valence-corrected chi connectivity index (χ1v) is 8.86. The van der Waals surface area contributed by atoms with Crippen LogP contribution in [0, 0.1) is 5.92 Å². The maximum Gasteiger partial charge on any atom is 0.255 e. The molecule has 1 atom stereocenters. The smallest absolute Gasteiger partial charge is 0.255 e. The van der Waals surface area contributed by atoms with Crippen molar-refractivity contribution in [2.24, 2.45) is 5.92 Å². The molecule has 3 saturated heterocycles. The molecule has 1 unspecified atom stereocenters. The minimum absolute atomic E-state index is 0.0262. The normalized spacial score (nSPS) is 31.1. The molecule has 1 N–H and O–H groups in total. The molecule has 4 heteroatoms. The van der Waals surface area contributed by atoms with Crippen LogP contribution in [0.5, 0.6) is 5.75 Å². The Kier molecular flexibility index (Phi) is 3.60. The Labute approximate surface area is 138 Å². The molecule has 124 valence electrons. The van der Waals surface area contributed by atoms with Crippen molar-refractivity contribution in [3.8, 4) is 5.75 Å². The highest BCUT2D eigenvalue weighted by atomic mass is 16.5. The summed E-state index contributed by atoms with van der Waals surface area (Å²) in [5.74, 6) is 1.46. The molecule has 2 bridgehead atoms. The van der Waals surface area contributed by atoms with E-state index >= 15 is 0 Å². The molecule has 4 heterocycles. The van der Waals surface area contributed by atoms with Gasteiger partial charge in [0.2, 0.25) is 0 Å². The summed E-state index contributed by atoms with van der Waals surface area (Å²) in [7, 11) is 0. The Balaban J connectivity index is 1.55. The Morgan fingerprint density at radius 1 is 1.30 bits per heavy atom. The van der Waals surface area contributed by atoms with E-state index in [0.29, 0.717) is 11.5 Å². The van der Waals surface area contributed by atoms with Crippen LogP contribution in [0.3, 0.4) is 0 Å². The summed E-state index contributed by atoms with van der Waals surface area (Å²) in [6, 6.07) is 6.25. The Hall–Kier alpha value is -1.55. The number of nitrogens with zero attached hydrogens (tertiary/aromatic N) is 1. The minimum Gasteiger partial charge on any atom is -0.487 e. The monoisotopic (exact) mass is 314 g/mol. The molecule has 4 aliphatic heterocycles. The first kappa shape index (κ1) is 15.0. The van der Waals surface area contributed by atoms with Crippen molar-refractivity contribution >= 4 is 5.91 Å². The van der Waals surface area contributed by atoms with Crippen molar-refractivity contribution in [1.29, 1.82) is 0 Å². The number of hydrogen-bond acceptors (Lipinski definition) is 3. The number of carbonyl (C=O) groups excluding carboxylic acids is 1. The third-order valence-corrected chi connectivity index (χ3v) is 5.69. The van der Waals surface area contributed by atoms with Gasteiger partial charge in [-0.05, 0) is 70.2 Å². The van der Waals surface area contributed by atoms with Crippen LogP contribution < -0.4 is 10.1 Å². The van der Waals surface area contributed by atoms with E-state index in [0.717, 1.165) is 30.7 Å². The summed E-state index contributed by atoms with van der Waals surface area (Å²) in [5.41, 5.74) is 1.66. The number of benzene rings is 1. The van der Waals surface area contributed by atoms with Crippen LogP contribution in [0.15, 0.2) is 18.2 Å². The van der Waals surface area contributed by atoms with Gasteiger partial charge in [-0.1, -0.05) is 12.1 Å². The summed E-state index contributed by atoms with van der Waals surface area (Å²) >= 11 is 0. The number of carbonyl (C=O) groups is 1. The average molecular weight is 314 g/mol. The van der Waals surface area contributed by atoms with Gasteiger partial charge in [-0.3, -0.25) is 4.79 Å². The van der Waals surface area contributed by atoms with Crippen LogP contribution in [0.1, 0.15) is 49.0 Å². The van der Waals surface area contributed by atoms with E-state index in [1.165, 1.54) is 25.9 Å². The van der Waals surface area contributed by atoms with Gasteiger partial charge < -0.3 is 15.0 Å². The third kappa shape index (κ3) is 2.85. The molecule has 0 radical (unpaired) electrons. The Morgan fingerprint density at radius 2 is 2.09 bits per heavy atom. The molecule has 1 aromatic carbocycles. The number of rotatable bonds is 2. The zero-order valence-electron chi connectivity index (χ0n) is 14.1. The molecule has 1 amide bonds. The lowest BCUT2D eigenvalue weighted by Crippen LogP contribution is -2.57. The predicted octanol–water partition coefficient (Wildman–Crippen LogP) is 2.61. The summed E-state index contributed by atoms with van der Waals surface area (Å²) in [4.78, 5) is 15.3.